The molecule has 0 spiro atoms. The smallest absolute Gasteiger partial charge is 0.124 e. The van der Waals surface area contributed by atoms with Gasteiger partial charge in [0, 0.05) is 24.8 Å². The molecule has 0 saturated heterocycles. The van der Waals surface area contributed by atoms with Crippen LogP contribution in [0.1, 0.15) is 50.3 Å². The number of benzene rings is 1. The lowest BCUT2D eigenvalue weighted by Crippen LogP contribution is -2.38. The van der Waals surface area contributed by atoms with Crippen molar-refractivity contribution in [1.29, 1.82) is 0 Å². The molecule has 2 unspecified atom stereocenters. The van der Waals surface area contributed by atoms with E-state index in [2.05, 4.69) is 31.3 Å². The summed E-state index contributed by atoms with van der Waals surface area (Å²) in [6.07, 6.45) is 4.14. The van der Waals surface area contributed by atoms with E-state index in [0.717, 1.165) is 17.2 Å². The molecule has 0 radical (unpaired) electrons. The average Bonchev–Trinajstić information content (AvgIpc) is 2.36. The first-order chi connectivity index (χ1) is 9.65. The first kappa shape index (κ1) is 15.3. The fraction of sp³-hybridized carbons (Fsp3) is 0.647. The molecule has 0 aromatic heterocycles. The lowest BCUT2D eigenvalue weighted by atomic mass is 9.80. The van der Waals surface area contributed by atoms with Gasteiger partial charge in [-0.1, -0.05) is 12.5 Å². The summed E-state index contributed by atoms with van der Waals surface area (Å²) in [6, 6.07) is 7.31. The Morgan fingerprint density at radius 3 is 2.55 bits per heavy atom. The van der Waals surface area contributed by atoms with E-state index >= 15 is 0 Å². The highest BCUT2D eigenvalue weighted by molar-refractivity contribution is 5.38. The summed E-state index contributed by atoms with van der Waals surface area (Å²) in [4.78, 5) is 0. The Hall–Kier alpha value is -1.06. The van der Waals surface area contributed by atoms with E-state index in [1.165, 1.54) is 24.8 Å². The molecule has 2 atom stereocenters. The maximum atomic E-state index is 5.38. The van der Waals surface area contributed by atoms with Gasteiger partial charge in [-0.15, -0.1) is 0 Å². The van der Waals surface area contributed by atoms with Crippen LogP contribution < -0.4 is 10.1 Å². The molecule has 1 aromatic rings. The Balaban J connectivity index is 2.04. The normalized spacial score (nSPS) is 18.4. The summed E-state index contributed by atoms with van der Waals surface area (Å²) in [5, 5.41) is 3.72. The lowest BCUT2D eigenvalue weighted by Gasteiger charge is -2.34. The lowest BCUT2D eigenvalue weighted by molar-refractivity contribution is 0.181. The predicted octanol–water partition coefficient (Wildman–Crippen LogP) is 3.68. The van der Waals surface area contributed by atoms with E-state index in [4.69, 9.17) is 9.47 Å². The van der Waals surface area contributed by atoms with Gasteiger partial charge < -0.3 is 14.8 Å². The summed E-state index contributed by atoms with van der Waals surface area (Å²) in [7, 11) is 3.42. The highest BCUT2D eigenvalue weighted by Crippen LogP contribution is 2.31. The van der Waals surface area contributed by atoms with E-state index in [1.807, 2.05) is 6.07 Å². The fourth-order valence-corrected chi connectivity index (χ4v) is 2.90. The molecule has 0 bridgehead atoms. The third kappa shape index (κ3) is 3.53. The fourth-order valence-electron chi connectivity index (χ4n) is 2.90. The molecule has 3 heteroatoms. The highest BCUT2D eigenvalue weighted by atomic mass is 16.5. The third-order valence-corrected chi connectivity index (χ3v) is 4.47. The van der Waals surface area contributed by atoms with Crippen LogP contribution in [-0.2, 0) is 11.3 Å². The summed E-state index contributed by atoms with van der Waals surface area (Å²) in [5.41, 5.74) is 2.40. The molecule has 1 fully saturated rings. The maximum Gasteiger partial charge on any atom is 0.124 e. The minimum atomic E-state index is 0.354. The van der Waals surface area contributed by atoms with Crippen LogP contribution in [0, 0.1) is 5.92 Å². The Labute approximate surface area is 122 Å². The molecule has 0 amide bonds. The summed E-state index contributed by atoms with van der Waals surface area (Å²) >= 11 is 0. The van der Waals surface area contributed by atoms with Gasteiger partial charge in [-0.05, 0) is 50.3 Å². The maximum absolute atomic E-state index is 5.38. The minimum absolute atomic E-state index is 0.354. The summed E-state index contributed by atoms with van der Waals surface area (Å²) in [5.74, 6) is 1.75. The van der Waals surface area contributed by atoms with Crippen LogP contribution in [0.5, 0.6) is 5.75 Å². The van der Waals surface area contributed by atoms with Crippen LogP contribution in [0.15, 0.2) is 18.2 Å². The SMILES string of the molecule is COCc1cc(C(C)NC(C)C2CCC2)ccc1OC. The Bertz CT molecular complexity index is 429. The van der Waals surface area contributed by atoms with Crippen LogP contribution in [-0.4, -0.2) is 20.3 Å². The van der Waals surface area contributed by atoms with Crippen molar-refractivity contribution in [3.63, 3.8) is 0 Å². The molecule has 1 aliphatic rings. The second-order valence-corrected chi connectivity index (χ2v) is 5.87. The Morgan fingerprint density at radius 1 is 1.25 bits per heavy atom. The number of hydrogen-bond acceptors (Lipinski definition) is 3. The van der Waals surface area contributed by atoms with Gasteiger partial charge >= 0.3 is 0 Å². The van der Waals surface area contributed by atoms with Gasteiger partial charge in [0.25, 0.3) is 0 Å². The van der Waals surface area contributed by atoms with Crippen molar-refractivity contribution in [3.05, 3.63) is 29.3 Å². The molecule has 1 aliphatic carbocycles. The molecule has 0 heterocycles. The second kappa shape index (κ2) is 7.09. The van der Waals surface area contributed by atoms with Gasteiger partial charge in [0.15, 0.2) is 0 Å². The molecule has 2 rings (SSSR count). The summed E-state index contributed by atoms with van der Waals surface area (Å²) < 4.78 is 10.6. The van der Waals surface area contributed by atoms with Gasteiger partial charge in [-0.2, -0.15) is 0 Å². The van der Waals surface area contributed by atoms with Crippen LogP contribution >= 0.6 is 0 Å². The molecular formula is C17H27NO2. The zero-order chi connectivity index (χ0) is 14.5. The molecule has 3 nitrogen and oxygen atoms in total. The first-order valence-electron chi connectivity index (χ1n) is 7.57. The van der Waals surface area contributed by atoms with Crippen molar-refractivity contribution in [2.45, 2.75) is 51.8 Å². The van der Waals surface area contributed by atoms with Crippen molar-refractivity contribution >= 4 is 0 Å². The third-order valence-electron chi connectivity index (χ3n) is 4.47. The van der Waals surface area contributed by atoms with E-state index < -0.39 is 0 Å². The molecule has 112 valence electrons. The van der Waals surface area contributed by atoms with Crippen LogP contribution in [0.3, 0.4) is 0 Å². The zero-order valence-corrected chi connectivity index (χ0v) is 13.1. The zero-order valence-electron chi connectivity index (χ0n) is 13.1. The standard InChI is InChI=1S/C17H27NO2/c1-12(14-6-5-7-14)18-13(2)15-8-9-17(20-4)16(10-15)11-19-3/h8-10,12-14,18H,5-7,11H2,1-4H3. The van der Waals surface area contributed by atoms with Gasteiger partial charge in [0.1, 0.15) is 5.75 Å². The molecule has 1 aromatic carbocycles. The molecule has 1 saturated carbocycles. The van der Waals surface area contributed by atoms with Crippen LogP contribution in [0.4, 0.5) is 0 Å². The van der Waals surface area contributed by atoms with Crippen molar-refractivity contribution in [1.82, 2.24) is 5.32 Å². The molecule has 1 N–H and O–H groups in total. The predicted molar refractivity (Wildman–Crippen MR) is 82.1 cm³/mol. The number of hydrogen-bond donors (Lipinski definition) is 1. The number of nitrogens with one attached hydrogen (secondary N) is 1. The van der Waals surface area contributed by atoms with E-state index in [1.54, 1.807) is 14.2 Å². The number of rotatable bonds is 7. The largest absolute Gasteiger partial charge is 0.496 e. The van der Waals surface area contributed by atoms with Crippen molar-refractivity contribution < 1.29 is 9.47 Å². The highest BCUT2D eigenvalue weighted by Gasteiger charge is 2.25. The second-order valence-electron chi connectivity index (χ2n) is 5.87. The van der Waals surface area contributed by atoms with Gasteiger partial charge in [0.05, 0.1) is 13.7 Å². The van der Waals surface area contributed by atoms with E-state index in [9.17, 15) is 0 Å². The average molecular weight is 277 g/mol. The molecular weight excluding hydrogens is 250 g/mol. The van der Waals surface area contributed by atoms with Gasteiger partial charge in [-0.25, -0.2) is 0 Å². The van der Waals surface area contributed by atoms with Crippen LogP contribution in [0.25, 0.3) is 0 Å². The van der Waals surface area contributed by atoms with Gasteiger partial charge in [-0.3, -0.25) is 0 Å². The minimum Gasteiger partial charge on any atom is -0.496 e. The first-order valence-corrected chi connectivity index (χ1v) is 7.57. The van der Waals surface area contributed by atoms with Crippen molar-refractivity contribution in [2.24, 2.45) is 5.92 Å². The molecule has 0 aliphatic heterocycles. The number of ether oxygens (including phenoxy) is 2. The van der Waals surface area contributed by atoms with E-state index in [-0.39, 0.29) is 0 Å². The summed E-state index contributed by atoms with van der Waals surface area (Å²) in [6.45, 7) is 5.12. The van der Waals surface area contributed by atoms with Crippen LogP contribution in [0.2, 0.25) is 0 Å². The monoisotopic (exact) mass is 277 g/mol. The van der Waals surface area contributed by atoms with Gasteiger partial charge in [0.2, 0.25) is 0 Å². The van der Waals surface area contributed by atoms with Crippen molar-refractivity contribution in [3.8, 4) is 5.75 Å². The quantitative estimate of drug-likeness (QED) is 0.824. The number of methoxy groups -OCH3 is 2. The molecule has 20 heavy (non-hydrogen) atoms. The Kier molecular flexibility index (Phi) is 5.44. The topological polar surface area (TPSA) is 30.5 Å². The van der Waals surface area contributed by atoms with E-state index in [0.29, 0.717) is 18.7 Å². The Morgan fingerprint density at radius 2 is 2.00 bits per heavy atom. The van der Waals surface area contributed by atoms with Crippen molar-refractivity contribution in [2.75, 3.05) is 14.2 Å².